The van der Waals surface area contributed by atoms with E-state index in [1.807, 2.05) is 23.1 Å². The fourth-order valence-corrected chi connectivity index (χ4v) is 4.01. The highest BCUT2D eigenvalue weighted by Gasteiger charge is 2.47. The Balaban J connectivity index is 1.54. The first-order valence-corrected chi connectivity index (χ1v) is 8.97. The van der Waals surface area contributed by atoms with E-state index in [0.29, 0.717) is 19.0 Å². The first kappa shape index (κ1) is 16.3. The molecule has 1 saturated carbocycles. The summed E-state index contributed by atoms with van der Waals surface area (Å²) in [5.41, 5.74) is 3.41. The van der Waals surface area contributed by atoms with Crippen LogP contribution in [-0.2, 0) is 4.79 Å². The number of hydrogen-bond donors (Lipinski definition) is 1. The van der Waals surface area contributed by atoms with Gasteiger partial charge in [0.2, 0.25) is 5.91 Å². The lowest BCUT2D eigenvalue weighted by molar-refractivity contribution is -0.136. The molecule has 4 rings (SSSR count). The van der Waals surface area contributed by atoms with E-state index in [0.717, 1.165) is 18.5 Å². The van der Waals surface area contributed by atoms with Crippen molar-refractivity contribution in [1.29, 1.82) is 0 Å². The van der Waals surface area contributed by atoms with Crippen LogP contribution in [-0.4, -0.2) is 30.4 Å². The molecule has 0 radical (unpaired) electrons. The number of benzene rings is 2. The molecule has 1 aliphatic carbocycles. The van der Waals surface area contributed by atoms with Gasteiger partial charge in [-0.1, -0.05) is 36.4 Å². The van der Waals surface area contributed by atoms with Gasteiger partial charge >= 0.3 is 0 Å². The maximum Gasteiger partial charge on any atom is 0.226 e. The Kier molecular flexibility index (Phi) is 4.30. The van der Waals surface area contributed by atoms with Crippen molar-refractivity contribution in [3.63, 3.8) is 0 Å². The van der Waals surface area contributed by atoms with Crippen LogP contribution in [0.2, 0.25) is 0 Å². The van der Waals surface area contributed by atoms with Gasteiger partial charge in [0, 0.05) is 25.6 Å². The third kappa shape index (κ3) is 3.19. The minimum absolute atomic E-state index is 0.0651. The molecule has 1 saturated heterocycles. The van der Waals surface area contributed by atoms with E-state index in [1.165, 1.54) is 17.2 Å². The van der Waals surface area contributed by atoms with Crippen LogP contribution >= 0.6 is 0 Å². The third-order valence-corrected chi connectivity index (χ3v) is 5.46. The maximum atomic E-state index is 13.6. The van der Waals surface area contributed by atoms with Crippen molar-refractivity contribution in [2.24, 2.45) is 5.92 Å². The Morgan fingerprint density at radius 1 is 1.20 bits per heavy atom. The summed E-state index contributed by atoms with van der Waals surface area (Å²) in [4.78, 5) is 15.1. The molecule has 2 aliphatic rings. The van der Waals surface area contributed by atoms with Gasteiger partial charge in [-0.15, -0.1) is 0 Å². The lowest BCUT2D eigenvalue weighted by Gasteiger charge is -2.37. The minimum atomic E-state index is -0.250. The Hall–Kier alpha value is -2.20. The van der Waals surface area contributed by atoms with Crippen LogP contribution in [0.5, 0.6) is 0 Å². The van der Waals surface area contributed by atoms with Gasteiger partial charge in [0.05, 0.1) is 6.04 Å². The van der Waals surface area contributed by atoms with E-state index in [9.17, 15) is 9.18 Å². The molecule has 1 aliphatic heterocycles. The van der Waals surface area contributed by atoms with E-state index in [-0.39, 0.29) is 23.7 Å². The van der Waals surface area contributed by atoms with Crippen molar-refractivity contribution in [3.05, 3.63) is 71.0 Å². The number of carbonyl (C=O) groups is 1. The molecular weight excluding hydrogens is 315 g/mol. The van der Waals surface area contributed by atoms with Gasteiger partial charge in [0.25, 0.3) is 0 Å². The molecule has 4 heteroatoms. The van der Waals surface area contributed by atoms with Gasteiger partial charge in [-0.25, -0.2) is 4.39 Å². The highest BCUT2D eigenvalue weighted by Crippen LogP contribution is 2.50. The molecule has 1 N–H and O–H groups in total. The van der Waals surface area contributed by atoms with Crippen LogP contribution in [0.25, 0.3) is 0 Å². The minimum Gasteiger partial charge on any atom is -0.333 e. The van der Waals surface area contributed by atoms with E-state index in [1.54, 1.807) is 12.1 Å². The van der Waals surface area contributed by atoms with Gasteiger partial charge in [-0.2, -0.15) is 0 Å². The number of amides is 1. The number of hydrogen-bond acceptors (Lipinski definition) is 2. The monoisotopic (exact) mass is 338 g/mol. The average Bonchev–Trinajstić information content (AvgIpc) is 3.42. The van der Waals surface area contributed by atoms with Gasteiger partial charge in [-0.3, -0.25) is 4.79 Å². The normalized spacial score (nSPS) is 25.7. The number of nitrogens with zero attached hydrogens (tertiary/aromatic N) is 1. The van der Waals surface area contributed by atoms with E-state index < -0.39 is 0 Å². The second kappa shape index (κ2) is 6.60. The smallest absolute Gasteiger partial charge is 0.226 e. The van der Waals surface area contributed by atoms with Crippen LogP contribution < -0.4 is 5.32 Å². The molecule has 1 heterocycles. The highest BCUT2D eigenvalue weighted by atomic mass is 19.1. The Bertz CT molecular complexity index is 791. The molecule has 0 bridgehead atoms. The SMILES string of the molecule is Cc1ccccc1C1CC1C(=O)N1CCNCC1c1cccc(F)c1. The van der Waals surface area contributed by atoms with Crippen LogP contribution in [0.15, 0.2) is 48.5 Å². The summed E-state index contributed by atoms with van der Waals surface area (Å²) in [7, 11) is 0. The molecule has 2 aromatic rings. The zero-order valence-electron chi connectivity index (χ0n) is 14.4. The highest BCUT2D eigenvalue weighted by molar-refractivity contribution is 5.83. The third-order valence-electron chi connectivity index (χ3n) is 5.46. The van der Waals surface area contributed by atoms with Crippen molar-refractivity contribution in [2.75, 3.05) is 19.6 Å². The van der Waals surface area contributed by atoms with Crippen LogP contribution in [0.1, 0.15) is 35.1 Å². The fourth-order valence-electron chi connectivity index (χ4n) is 4.01. The molecule has 130 valence electrons. The average molecular weight is 338 g/mol. The maximum absolute atomic E-state index is 13.6. The molecule has 2 fully saturated rings. The molecular formula is C21H23FN2O. The van der Waals surface area contributed by atoms with Crippen molar-refractivity contribution >= 4 is 5.91 Å². The van der Waals surface area contributed by atoms with Crippen molar-refractivity contribution in [2.45, 2.75) is 25.3 Å². The second-order valence-electron chi connectivity index (χ2n) is 7.11. The number of rotatable bonds is 3. The quantitative estimate of drug-likeness (QED) is 0.930. The summed E-state index contributed by atoms with van der Waals surface area (Å²) in [5.74, 6) is 0.357. The first-order valence-electron chi connectivity index (χ1n) is 8.97. The van der Waals surface area contributed by atoms with Gasteiger partial charge in [0.1, 0.15) is 5.82 Å². The molecule has 25 heavy (non-hydrogen) atoms. The molecule has 3 atom stereocenters. The van der Waals surface area contributed by atoms with E-state index in [4.69, 9.17) is 0 Å². The Morgan fingerprint density at radius 3 is 2.84 bits per heavy atom. The van der Waals surface area contributed by atoms with Crippen molar-refractivity contribution in [3.8, 4) is 0 Å². The Morgan fingerprint density at radius 2 is 2.04 bits per heavy atom. The molecule has 3 unspecified atom stereocenters. The lowest BCUT2D eigenvalue weighted by Crippen LogP contribution is -2.49. The van der Waals surface area contributed by atoms with Crippen molar-refractivity contribution in [1.82, 2.24) is 10.2 Å². The van der Waals surface area contributed by atoms with Crippen LogP contribution in [0.4, 0.5) is 4.39 Å². The zero-order chi connectivity index (χ0) is 17.4. The largest absolute Gasteiger partial charge is 0.333 e. The number of aryl methyl sites for hydroxylation is 1. The fraction of sp³-hybridized carbons (Fsp3) is 0.381. The summed E-state index contributed by atoms with van der Waals surface area (Å²) in [5, 5.41) is 3.33. The second-order valence-corrected chi connectivity index (χ2v) is 7.11. The molecule has 1 amide bonds. The van der Waals surface area contributed by atoms with Crippen LogP contribution in [0.3, 0.4) is 0 Å². The van der Waals surface area contributed by atoms with Crippen molar-refractivity contribution < 1.29 is 9.18 Å². The number of nitrogens with one attached hydrogen (secondary N) is 1. The predicted octanol–water partition coefficient (Wildman–Crippen LogP) is 3.41. The number of piperazine rings is 1. The summed E-state index contributed by atoms with van der Waals surface area (Å²) >= 11 is 0. The zero-order valence-corrected chi connectivity index (χ0v) is 14.4. The van der Waals surface area contributed by atoms with Gasteiger partial charge < -0.3 is 10.2 Å². The predicted molar refractivity (Wildman–Crippen MR) is 95.8 cm³/mol. The van der Waals surface area contributed by atoms with E-state index >= 15 is 0 Å². The summed E-state index contributed by atoms with van der Waals surface area (Å²) in [6.45, 7) is 4.25. The molecule has 2 aromatic carbocycles. The standard InChI is InChI=1S/C21H23FN2O/c1-14-5-2-3-8-17(14)18-12-19(18)21(25)24-10-9-23-13-20(24)15-6-4-7-16(22)11-15/h2-8,11,18-20,23H,9-10,12-13H2,1H3. The molecule has 0 aromatic heterocycles. The summed E-state index contributed by atoms with van der Waals surface area (Å²) in [6.07, 6.45) is 0.920. The Labute approximate surface area is 147 Å². The summed E-state index contributed by atoms with van der Waals surface area (Å²) < 4.78 is 13.6. The number of carbonyl (C=O) groups excluding carboxylic acids is 1. The van der Waals surface area contributed by atoms with Gasteiger partial charge in [-0.05, 0) is 48.1 Å². The number of halogens is 1. The summed E-state index contributed by atoms with van der Waals surface area (Å²) in [6, 6.07) is 14.9. The lowest BCUT2D eigenvalue weighted by atomic mass is 10.0. The topological polar surface area (TPSA) is 32.3 Å². The van der Waals surface area contributed by atoms with E-state index in [2.05, 4.69) is 24.4 Å². The first-order chi connectivity index (χ1) is 12.1. The van der Waals surface area contributed by atoms with Crippen LogP contribution in [0, 0.1) is 18.7 Å². The molecule has 0 spiro atoms. The molecule has 3 nitrogen and oxygen atoms in total. The van der Waals surface area contributed by atoms with Gasteiger partial charge in [0.15, 0.2) is 0 Å².